The number of rotatable bonds is 0. The summed E-state index contributed by atoms with van der Waals surface area (Å²) >= 11 is 0. The molecule has 1 rings (SSSR count). The van der Waals surface area contributed by atoms with Crippen LogP contribution in [0.15, 0.2) is 36.5 Å². The highest BCUT2D eigenvalue weighted by atomic mass is 13.9. The van der Waals surface area contributed by atoms with Gasteiger partial charge in [0.15, 0.2) is 0 Å². The zero-order valence-corrected chi connectivity index (χ0v) is 9.12. The highest BCUT2D eigenvalue weighted by Gasteiger charge is 1.85. The minimum atomic E-state index is 1.12. The van der Waals surface area contributed by atoms with Gasteiger partial charge in [0.2, 0.25) is 0 Å². The van der Waals surface area contributed by atoms with Crippen molar-refractivity contribution in [1.82, 2.24) is 0 Å². The van der Waals surface area contributed by atoms with Crippen molar-refractivity contribution in [3.63, 3.8) is 0 Å². The van der Waals surface area contributed by atoms with Gasteiger partial charge in [-0.25, -0.2) is 0 Å². The smallest absolute Gasteiger partial charge is 0.0169 e. The quantitative estimate of drug-likeness (QED) is 0.482. The largest absolute Gasteiger partial charge is 0.0885 e. The van der Waals surface area contributed by atoms with Crippen LogP contribution in [0, 0.1) is 0 Å². The van der Waals surface area contributed by atoms with E-state index in [4.69, 9.17) is 0 Å². The van der Waals surface area contributed by atoms with E-state index in [1.165, 1.54) is 44.9 Å². The molecular weight excluding hydrogens is 168 g/mol. The third-order valence-corrected chi connectivity index (χ3v) is 2.51. The summed E-state index contributed by atoms with van der Waals surface area (Å²) in [6, 6.07) is 0. The molecule has 0 amide bonds. The van der Waals surface area contributed by atoms with Crippen molar-refractivity contribution >= 4 is 0 Å². The van der Waals surface area contributed by atoms with E-state index < -0.39 is 0 Å². The van der Waals surface area contributed by atoms with Crippen molar-refractivity contribution in [3.05, 3.63) is 36.5 Å². The summed E-state index contributed by atoms with van der Waals surface area (Å²) < 4.78 is 0. The second-order valence-corrected chi connectivity index (χ2v) is 3.87. The predicted octanol–water partition coefficient (Wildman–Crippen LogP) is 4.79. The van der Waals surface area contributed by atoms with Gasteiger partial charge in [-0.2, -0.15) is 0 Å². The van der Waals surface area contributed by atoms with Gasteiger partial charge in [0.05, 0.1) is 0 Å². The minimum Gasteiger partial charge on any atom is -0.0885 e. The molecule has 0 aromatic heterocycles. The van der Waals surface area contributed by atoms with Gasteiger partial charge in [0.1, 0.15) is 0 Å². The van der Waals surface area contributed by atoms with Crippen LogP contribution in [0.2, 0.25) is 0 Å². The second-order valence-electron chi connectivity index (χ2n) is 3.87. The van der Waals surface area contributed by atoms with Gasteiger partial charge in [0, 0.05) is 0 Å². The zero-order valence-electron chi connectivity index (χ0n) is 9.12. The van der Waals surface area contributed by atoms with Crippen LogP contribution in [0.25, 0.3) is 0 Å². The van der Waals surface area contributed by atoms with Crippen molar-refractivity contribution in [3.8, 4) is 0 Å². The standard InChI is InChI=1S/C14H22/c1-2-4-6-8-10-12-14-13-11-9-7-5-3-1/h1-2,5,7,10,12H,3-4,6,8-9,11,13-14H2/b2-1-,7-5+,12-10+. The van der Waals surface area contributed by atoms with Crippen molar-refractivity contribution in [1.29, 1.82) is 0 Å². The summed E-state index contributed by atoms with van der Waals surface area (Å²) in [5.74, 6) is 0. The molecule has 0 heterocycles. The molecule has 0 aromatic carbocycles. The van der Waals surface area contributed by atoms with Crippen LogP contribution < -0.4 is 0 Å². The maximum absolute atomic E-state index is 2.35. The summed E-state index contributed by atoms with van der Waals surface area (Å²) in [6.07, 6.45) is 24.0. The van der Waals surface area contributed by atoms with E-state index in [1.807, 2.05) is 0 Å². The van der Waals surface area contributed by atoms with Crippen molar-refractivity contribution in [2.24, 2.45) is 0 Å². The van der Waals surface area contributed by atoms with Gasteiger partial charge in [-0.3, -0.25) is 0 Å². The normalized spacial score (nSPS) is 27.4. The molecule has 0 aromatic rings. The lowest BCUT2D eigenvalue weighted by molar-refractivity contribution is 0.757. The van der Waals surface area contributed by atoms with Gasteiger partial charge in [-0.05, 0) is 51.4 Å². The molecule has 0 aliphatic heterocycles. The van der Waals surface area contributed by atoms with E-state index in [0.717, 1.165) is 6.42 Å². The van der Waals surface area contributed by atoms with Crippen molar-refractivity contribution in [2.75, 3.05) is 0 Å². The Morgan fingerprint density at radius 1 is 0.429 bits per heavy atom. The fourth-order valence-corrected chi connectivity index (χ4v) is 1.62. The Hall–Kier alpha value is -0.780. The molecule has 14 heavy (non-hydrogen) atoms. The van der Waals surface area contributed by atoms with Gasteiger partial charge in [0.25, 0.3) is 0 Å². The average molecular weight is 190 g/mol. The summed E-state index contributed by atoms with van der Waals surface area (Å²) in [5.41, 5.74) is 0. The molecule has 0 fully saturated rings. The maximum Gasteiger partial charge on any atom is -0.0169 e. The third-order valence-electron chi connectivity index (χ3n) is 2.51. The molecule has 0 atom stereocenters. The lowest BCUT2D eigenvalue weighted by Gasteiger charge is -1.95. The Bertz CT molecular complexity index is 196. The average Bonchev–Trinajstić information content (AvgIpc) is 2.22. The SMILES string of the molecule is C1=C\CCC/C=C/CCCC/C=C/C/1. The molecule has 0 bridgehead atoms. The molecule has 78 valence electrons. The minimum absolute atomic E-state index is 1.12. The second kappa shape index (κ2) is 8.80. The maximum atomic E-state index is 2.35. The highest BCUT2D eigenvalue weighted by Crippen LogP contribution is 2.05. The molecule has 0 unspecified atom stereocenters. The zero-order chi connectivity index (χ0) is 9.90. The third kappa shape index (κ3) is 6.71. The summed E-state index contributed by atoms with van der Waals surface area (Å²) in [6.45, 7) is 0. The summed E-state index contributed by atoms with van der Waals surface area (Å²) in [5, 5.41) is 0. The number of hydrogen-bond donors (Lipinski definition) is 0. The first-order chi connectivity index (χ1) is 7.00. The van der Waals surface area contributed by atoms with Crippen molar-refractivity contribution < 1.29 is 0 Å². The van der Waals surface area contributed by atoms with E-state index in [-0.39, 0.29) is 0 Å². The molecule has 0 nitrogen and oxygen atoms in total. The van der Waals surface area contributed by atoms with Crippen LogP contribution in [-0.2, 0) is 0 Å². The molecule has 1 aliphatic rings. The van der Waals surface area contributed by atoms with Crippen LogP contribution in [0.4, 0.5) is 0 Å². The molecule has 0 saturated heterocycles. The molecule has 0 spiro atoms. The Labute approximate surface area is 88.4 Å². The van der Waals surface area contributed by atoms with Gasteiger partial charge in [-0.1, -0.05) is 36.5 Å². The van der Waals surface area contributed by atoms with Crippen LogP contribution in [0.5, 0.6) is 0 Å². The van der Waals surface area contributed by atoms with E-state index in [1.54, 1.807) is 0 Å². The van der Waals surface area contributed by atoms with E-state index in [9.17, 15) is 0 Å². The van der Waals surface area contributed by atoms with Crippen LogP contribution in [0.3, 0.4) is 0 Å². The van der Waals surface area contributed by atoms with Crippen molar-refractivity contribution in [2.45, 2.75) is 51.4 Å². The Balaban J connectivity index is 2.25. The first-order valence-corrected chi connectivity index (χ1v) is 5.95. The van der Waals surface area contributed by atoms with Crippen LogP contribution in [-0.4, -0.2) is 0 Å². The monoisotopic (exact) mass is 190 g/mol. The summed E-state index contributed by atoms with van der Waals surface area (Å²) in [7, 11) is 0. The topological polar surface area (TPSA) is 0 Å². The predicted molar refractivity (Wildman–Crippen MR) is 64.4 cm³/mol. The van der Waals surface area contributed by atoms with Crippen LogP contribution >= 0.6 is 0 Å². The number of allylic oxidation sites excluding steroid dienone is 6. The number of hydrogen-bond acceptors (Lipinski definition) is 0. The lowest BCUT2D eigenvalue weighted by atomic mass is 10.1. The highest BCUT2D eigenvalue weighted by molar-refractivity contribution is 4.93. The molecule has 0 saturated carbocycles. The van der Waals surface area contributed by atoms with Gasteiger partial charge < -0.3 is 0 Å². The first kappa shape index (κ1) is 11.3. The fraction of sp³-hybridized carbons (Fsp3) is 0.571. The Morgan fingerprint density at radius 3 is 1.43 bits per heavy atom. The van der Waals surface area contributed by atoms with E-state index in [2.05, 4.69) is 36.5 Å². The molecular formula is C14H22. The van der Waals surface area contributed by atoms with E-state index >= 15 is 0 Å². The lowest BCUT2D eigenvalue weighted by Crippen LogP contribution is -1.75. The molecule has 1 aliphatic carbocycles. The van der Waals surface area contributed by atoms with Gasteiger partial charge in [-0.15, -0.1) is 0 Å². The van der Waals surface area contributed by atoms with Gasteiger partial charge >= 0.3 is 0 Å². The fourth-order valence-electron chi connectivity index (χ4n) is 1.62. The van der Waals surface area contributed by atoms with Crippen LogP contribution in [0.1, 0.15) is 51.4 Å². The Morgan fingerprint density at radius 2 is 0.857 bits per heavy atom. The van der Waals surface area contributed by atoms with E-state index in [0.29, 0.717) is 0 Å². The summed E-state index contributed by atoms with van der Waals surface area (Å²) in [4.78, 5) is 0. The molecule has 0 heteroatoms. The molecule has 0 N–H and O–H groups in total. The Kier molecular flexibility index (Phi) is 7.10. The molecule has 0 radical (unpaired) electrons. The first-order valence-electron chi connectivity index (χ1n) is 5.95.